The number of imide groups is 1. The second kappa shape index (κ2) is 14.9. The molecule has 1 aliphatic carbocycles. The Morgan fingerprint density at radius 1 is 0.917 bits per heavy atom. The number of aromatic nitrogens is 4. The minimum absolute atomic E-state index is 0.0691. The molecule has 5 aromatic rings. The van der Waals surface area contributed by atoms with Crippen molar-refractivity contribution in [3.8, 4) is 17.0 Å². The molecule has 0 radical (unpaired) electrons. The first-order valence-electron chi connectivity index (χ1n) is 20.7. The highest BCUT2D eigenvalue weighted by Gasteiger charge is 2.45. The summed E-state index contributed by atoms with van der Waals surface area (Å²) in [5, 5.41) is 13.6. The number of likely N-dealkylation sites (tertiary alicyclic amines) is 2. The number of amides is 5. The van der Waals surface area contributed by atoms with Crippen LogP contribution >= 0.6 is 0 Å². The van der Waals surface area contributed by atoms with Crippen molar-refractivity contribution in [2.75, 3.05) is 68.5 Å². The molecule has 16 nitrogen and oxygen atoms in total. The number of hydrogen-bond donors (Lipinski definition) is 3. The Labute approximate surface area is 346 Å². The van der Waals surface area contributed by atoms with Crippen LogP contribution < -0.4 is 30.5 Å². The number of ether oxygens (including phenoxy) is 1. The molecule has 3 N–H and O–H groups in total. The fourth-order valence-corrected chi connectivity index (χ4v) is 9.29. The predicted molar refractivity (Wildman–Crippen MR) is 225 cm³/mol. The van der Waals surface area contributed by atoms with Gasteiger partial charge in [0.1, 0.15) is 5.75 Å². The normalized spacial score (nSPS) is 18.7. The number of carbonyl (C=O) groups excluding carboxylic acids is 4. The van der Waals surface area contributed by atoms with Gasteiger partial charge < -0.3 is 25.2 Å². The molecule has 10 rings (SSSR count). The molecule has 5 amide bonds. The molecule has 1 spiro atoms. The van der Waals surface area contributed by atoms with Crippen LogP contribution in [0.5, 0.6) is 5.75 Å². The van der Waals surface area contributed by atoms with E-state index in [1.165, 1.54) is 17.6 Å². The zero-order chi connectivity index (χ0) is 41.1. The van der Waals surface area contributed by atoms with Gasteiger partial charge in [0.2, 0.25) is 5.91 Å². The summed E-state index contributed by atoms with van der Waals surface area (Å²) in [6.07, 6.45) is 8.48. The number of hydrogen-bond acceptors (Lipinski definition) is 11. The van der Waals surface area contributed by atoms with Crippen LogP contribution in [-0.2, 0) is 17.8 Å². The lowest BCUT2D eigenvalue weighted by Crippen LogP contribution is -2.60. The zero-order valence-corrected chi connectivity index (χ0v) is 33.7. The molecule has 16 heteroatoms. The second-order valence-corrected chi connectivity index (χ2v) is 16.6. The number of imidazole rings is 1. The summed E-state index contributed by atoms with van der Waals surface area (Å²) < 4.78 is 7.14. The summed E-state index contributed by atoms with van der Waals surface area (Å²) in [7, 11) is 3.37. The fraction of sp³-hybridized carbons (Fsp3) is 0.386. The predicted octanol–water partition coefficient (Wildman–Crippen LogP) is 4.61. The van der Waals surface area contributed by atoms with Crippen LogP contribution in [0.3, 0.4) is 0 Å². The van der Waals surface area contributed by atoms with E-state index in [2.05, 4.69) is 61.1 Å². The van der Waals surface area contributed by atoms with Crippen molar-refractivity contribution in [3.63, 3.8) is 0 Å². The van der Waals surface area contributed by atoms with E-state index in [9.17, 15) is 19.2 Å². The molecule has 2 aromatic carbocycles. The number of piperidine rings is 1. The van der Waals surface area contributed by atoms with Crippen molar-refractivity contribution >= 4 is 52.3 Å². The van der Waals surface area contributed by atoms with Crippen LogP contribution in [-0.4, -0.2) is 113 Å². The van der Waals surface area contributed by atoms with E-state index in [1.807, 2.05) is 24.2 Å². The highest BCUT2D eigenvalue weighted by atomic mass is 16.5. The van der Waals surface area contributed by atoms with Crippen LogP contribution in [0, 0.1) is 5.41 Å². The SMILES string of the molecule is CNc1cc(N2CCc3c(-c4ccc(CN5CC6(CCN(C(=O)c7ccc(OC)c(N8CCC(=O)NC8=O)c7)CC6)C5)cn4)cccc32)nn2c(C(=O)NC3CC3)cnc12. The molecule has 1 saturated carbocycles. The van der Waals surface area contributed by atoms with Crippen molar-refractivity contribution in [2.24, 2.45) is 5.41 Å². The first-order chi connectivity index (χ1) is 29.2. The van der Waals surface area contributed by atoms with E-state index < -0.39 is 6.03 Å². The average Bonchev–Trinajstić information content (AvgIpc) is 3.78. The van der Waals surface area contributed by atoms with Gasteiger partial charge in [-0.25, -0.2) is 14.3 Å². The highest BCUT2D eigenvalue weighted by Crippen LogP contribution is 2.43. The van der Waals surface area contributed by atoms with Gasteiger partial charge in [0.25, 0.3) is 11.8 Å². The lowest BCUT2D eigenvalue weighted by atomic mass is 9.72. The van der Waals surface area contributed by atoms with Gasteiger partial charge in [0.05, 0.1) is 30.4 Å². The van der Waals surface area contributed by atoms with Crippen molar-refractivity contribution in [2.45, 2.75) is 51.1 Å². The van der Waals surface area contributed by atoms with Gasteiger partial charge in [-0.15, -0.1) is 5.10 Å². The van der Waals surface area contributed by atoms with E-state index in [1.54, 1.807) is 28.9 Å². The number of methoxy groups -OCH3 is 1. The zero-order valence-electron chi connectivity index (χ0n) is 33.7. The Kier molecular flexibility index (Phi) is 9.38. The number of pyridine rings is 1. The summed E-state index contributed by atoms with van der Waals surface area (Å²) in [6.45, 7) is 5.10. The maximum absolute atomic E-state index is 13.7. The van der Waals surface area contributed by atoms with Crippen LogP contribution in [0.2, 0.25) is 0 Å². The first-order valence-corrected chi connectivity index (χ1v) is 20.7. The van der Waals surface area contributed by atoms with Gasteiger partial charge in [-0.3, -0.25) is 34.5 Å². The highest BCUT2D eigenvalue weighted by molar-refractivity contribution is 6.07. The van der Waals surface area contributed by atoms with E-state index in [-0.39, 0.29) is 42.1 Å². The molecule has 0 bridgehead atoms. The molecular weight excluding hydrogens is 763 g/mol. The number of nitrogens with one attached hydrogen (secondary N) is 3. The van der Waals surface area contributed by atoms with Crippen molar-refractivity contribution in [1.82, 2.24) is 40.0 Å². The maximum atomic E-state index is 13.7. The Morgan fingerprint density at radius 2 is 1.73 bits per heavy atom. The summed E-state index contributed by atoms with van der Waals surface area (Å²) in [5.41, 5.74) is 8.49. The second-order valence-electron chi connectivity index (χ2n) is 16.6. The molecule has 308 valence electrons. The largest absolute Gasteiger partial charge is 0.495 e. The van der Waals surface area contributed by atoms with Gasteiger partial charge in [0, 0.05) is 94.4 Å². The van der Waals surface area contributed by atoms with Gasteiger partial charge in [-0.1, -0.05) is 18.2 Å². The van der Waals surface area contributed by atoms with Gasteiger partial charge in [0.15, 0.2) is 17.2 Å². The average molecular weight is 810 g/mol. The smallest absolute Gasteiger partial charge is 0.328 e. The molecule has 3 aromatic heterocycles. The third-order valence-corrected chi connectivity index (χ3v) is 12.7. The number of anilines is 4. The Hall–Kier alpha value is -6.55. The minimum atomic E-state index is -0.517. The number of carbonyl (C=O) groups is 4. The van der Waals surface area contributed by atoms with Crippen molar-refractivity contribution < 1.29 is 23.9 Å². The van der Waals surface area contributed by atoms with Crippen molar-refractivity contribution in [1.29, 1.82) is 0 Å². The lowest BCUT2D eigenvalue weighted by Gasteiger charge is -2.54. The number of benzene rings is 2. The summed E-state index contributed by atoms with van der Waals surface area (Å²) >= 11 is 0. The quantitative estimate of drug-likeness (QED) is 0.180. The molecule has 0 atom stereocenters. The molecule has 5 aliphatic rings. The lowest BCUT2D eigenvalue weighted by molar-refractivity contribution is -0.120. The molecule has 4 aliphatic heterocycles. The standard InChI is InChI=1S/C44H47N11O5/c1-45-33-21-38(50-55-36(23-47-40(33)55)41(57)48-29-8-9-29)53-16-12-31-30(4-3-5-34(31)53)32-10-6-27(22-46-32)24-51-25-44(26-51)14-18-52(19-15-44)42(58)28-7-11-37(60-2)35(20-28)54-17-13-39(56)49-43(54)59/h3-7,10-11,20-23,29,45H,8-9,12-19,24-26H2,1-2H3,(H,48,57)(H,49,56,59). The molecular formula is C44H47N11O5. The Balaban J connectivity index is 0.768. The number of urea groups is 1. The molecule has 3 saturated heterocycles. The summed E-state index contributed by atoms with van der Waals surface area (Å²) in [4.78, 5) is 68.5. The van der Waals surface area contributed by atoms with Crippen LogP contribution in [0.4, 0.5) is 27.7 Å². The van der Waals surface area contributed by atoms with Gasteiger partial charge >= 0.3 is 6.03 Å². The summed E-state index contributed by atoms with van der Waals surface area (Å²) in [6, 6.07) is 17.5. The van der Waals surface area contributed by atoms with E-state index >= 15 is 0 Å². The maximum Gasteiger partial charge on any atom is 0.328 e. The Bertz CT molecular complexity index is 2540. The summed E-state index contributed by atoms with van der Waals surface area (Å²) in [5.74, 6) is 0.667. The molecule has 60 heavy (non-hydrogen) atoms. The minimum Gasteiger partial charge on any atom is -0.495 e. The van der Waals surface area contributed by atoms with E-state index in [0.29, 0.717) is 41.4 Å². The van der Waals surface area contributed by atoms with E-state index in [0.717, 1.165) is 92.3 Å². The van der Waals surface area contributed by atoms with Crippen molar-refractivity contribution in [3.05, 3.63) is 89.4 Å². The topological polar surface area (TPSA) is 170 Å². The first kappa shape index (κ1) is 37.7. The monoisotopic (exact) mass is 809 g/mol. The number of rotatable bonds is 10. The van der Waals surface area contributed by atoms with Crippen LogP contribution in [0.15, 0.2) is 67.0 Å². The fourth-order valence-electron chi connectivity index (χ4n) is 9.29. The van der Waals surface area contributed by atoms with Crippen LogP contribution in [0.1, 0.15) is 64.1 Å². The third kappa shape index (κ3) is 6.83. The molecule has 0 unspecified atom stereocenters. The Morgan fingerprint density at radius 3 is 2.47 bits per heavy atom. The van der Waals surface area contributed by atoms with Crippen LogP contribution in [0.25, 0.3) is 16.9 Å². The van der Waals surface area contributed by atoms with Gasteiger partial charge in [-0.2, -0.15) is 0 Å². The molecule has 4 fully saturated rings. The number of fused-ring (bicyclic) bond motifs is 2. The van der Waals surface area contributed by atoms with E-state index in [4.69, 9.17) is 14.8 Å². The van der Waals surface area contributed by atoms with Gasteiger partial charge in [-0.05, 0) is 79.0 Å². The molecule has 7 heterocycles. The number of nitrogens with zero attached hydrogens (tertiary/aromatic N) is 8. The third-order valence-electron chi connectivity index (χ3n) is 12.7.